The molecule has 4 nitrogen and oxygen atoms in total. The van der Waals surface area contributed by atoms with Gasteiger partial charge in [-0.2, -0.15) is 0 Å². The van der Waals surface area contributed by atoms with Crippen molar-refractivity contribution in [2.45, 2.75) is 24.4 Å². The molecule has 2 rings (SSSR count). The maximum Gasteiger partial charge on any atom is 0.251 e. The van der Waals surface area contributed by atoms with Gasteiger partial charge < -0.3 is 5.32 Å². The van der Waals surface area contributed by atoms with E-state index in [9.17, 15) is 17.2 Å². The number of fused-ring (bicyclic) bond motifs is 1. The molecule has 0 saturated carbocycles. The van der Waals surface area contributed by atoms with Gasteiger partial charge in [-0.3, -0.25) is 0 Å². The monoisotopic (exact) mass is 262 g/mol. The average molecular weight is 262 g/mol. The molecule has 94 valence electrons. The Kier molecular flexibility index (Phi) is 3.41. The molecule has 7 heteroatoms. The molecule has 0 unspecified atom stereocenters. The number of hydrogen-bond acceptors (Lipinski definition) is 3. The molecular weight excluding hydrogens is 250 g/mol. The van der Waals surface area contributed by atoms with E-state index in [0.717, 1.165) is 11.1 Å². The predicted molar refractivity (Wildman–Crippen MR) is 58.2 cm³/mol. The lowest BCUT2D eigenvalue weighted by atomic mass is 10.1. The normalized spacial score (nSPS) is 15.2. The molecule has 0 aromatic heterocycles. The number of alkyl halides is 2. The lowest BCUT2D eigenvalue weighted by Gasteiger charge is -2.07. The van der Waals surface area contributed by atoms with Gasteiger partial charge in [0.1, 0.15) is 0 Å². The Labute approximate surface area is 98.1 Å². The van der Waals surface area contributed by atoms with Gasteiger partial charge >= 0.3 is 0 Å². The van der Waals surface area contributed by atoms with Crippen LogP contribution in [0.25, 0.3) is 0 Å². The van der Waals surface area contributed by atoms with Crippen LogP contribution in [0, 0.1) is 0 Å². The zero-order chi connectivity index (χ0) is 12.5. The van der Waals surface area contributed by atoms with Gasteiger partial charge in [0.15, 0.2) is 0 Å². The number of benzene rings is 1. The van der Waals surface area contributed by atoms with Crippen LogP contribution in [0.15, 0.2) is 23.1 Å². The van der Waals surface area contributed by atoms with Crippen molar-refractivity contribution in [3.05, 3.63) is 29.3 Å². The fraction of sp³-hybridized carbons (Fsp3) is 0.400. The van der Waals surface area contributed by atoms with Crippen LogP contribution in [0.3, 0.4) is 0 Å². The Morgan fingerprint density at radius 3 is 2.71 bits per heavy atom. The second kappa shape index (κ2) is 4.67. The van der Waals surface area contributed by atoms with E-state index in [1.165, 1.54) is 12.1 Å². The number of halogens is 2. The Hall–Kier alpha value is -1.05. The first-order chi connectivity index (χ1) is 7.99. The van der Waals surface area contributed by atoms with Crippen molar-refractivity contribution in [1.82, 2.24) is 10.0 Å². The molecule has 0 bridgehead atoms. The summed E-state index contributed by atoms with van der Waals surface area (Å²) in [5.41, 5.74) is 1.93. The highest BCUT2D eigenvalue weighted by Crippen LogP contribution is 2.19. The van der Waals surface area contributed by atoms with Gasteiger partial charge in [0.05, 0.1) is 11.4 Å². The molecule has 0 saturated heterocycles. The number of hydrogen-bond donors (Lipinski definition) is 2. The van der Waals surface area contributed by atoms with Crippen molar-refractivity contribution in [2.75, 3.05) is 6.54 Å². The third kappa shape index (κ3) is 2.80. The van der Waals surface area contributed by atoms with Crippen LogP contribution in [-0.4, -0.2) is 21.4 Å². The van der Waals surface area contributed by atoms with E-state index in [0.29, 0.717) is 13.1 Å². The molecule has 1 aliphatic heterocycles. The molecule has 0 radical (unpaired) electrons. The molecule has 1 heterocycles. The third-order valence-corrected chi connectivity index (χ3v) is 3.97. The summed E-state index contributed by atoms with van der Waals surface area (Å²) in [4.78, 5) is 0.0283. The van der Waals surface area contributed by atoms with E-state index >= 15 is 0 Å². The van der Waals surface area contributed by atoms with Crippen LogP contribution in [0.1, 0.15) is 11.1 Å². The van der Waals surface area contributed by atoms with Gasteiger partial charge in [0.2, 0.25) is 10.0 Å². The Balaban J connectivity index is 2.22. The summed E-state index contributed by atoms with van der Waals surface area (Å²) in [7, 11) is -3.83. The molecule has 0 spiro atoms. The van der Waals surface area contributed by atoms with E-state index in [1.807, 2.05) is 4.72 Å². The van der Waals surface area contributed by atoms with Crippen LogP contribution in [-0.2, 0) is 23.1 Å². The van der Waals surface area contributed by atoms with E-state index < -0.39 is 23.0 Å². The summed E-state index contributed by atoms with van der Waals surface area (Å²) in [5, 5.41) is 3.08. The summed E-state index contributed by atoms with van der Waals surface area (Å²) in [5.74, 6) is 0. The van der Waals surface area contributed by atoms with Crippen molar-refractivity contribution in [3.63, 3.8) is 0 Å². The summed E-state index contributed by atoms with van der Waals surface area (Å²) in [6.07, 6.45) is -2.69. The molecule has 0 aliphatic carbocycles. The van der Waals surface area contributed by atoms with Gasteiger partial charge in [-0.25, -0.2) is 21.9 Å². The van der Waals surface area contributed by atoms with Crippen LogP contribution in [0.2, 0.25) is 0 Å². The van der Waals surface area contributed by atoms with Crippen LogP contribution < -0.4 is 10.0 Å². The van der Waals surface area contributed by atoms with E-state index in [-0.39, 0.29) is 4.90 Å². The van der Waals surface area contributed by atoms with E-state index in [4.69, 9.17) is 0 Å². The van der Waals surface area contributed by atoms with Crippen LogP contribution >= 0.6 is 0 Å². The number of rotatable bonds is 4. The van der Waals surface area contributed by atoms with E-state index in [2.05, 4.69) is 5.32 Å². The van der Waals surface area contributed by atoms with Crippen LogP contribution in [0.4, 0.5) is 8.78 Å². The predicted octanol–water partition coefficient (Wildman–Crippen LogP) is 0.833. The molecule has 1 aliphatic rings. The first-order valence-corrected chi connectivity index (χ1v) is 6.58. The number of nitrogens with one attached hydrogen (secondary N) is 2. The summed E-state index contributed by atoms with van der Waals surface area (Å²) < 4.78 is 49.1. The van der Waals surface area contributed by atoms with E-state index in [1.54, 1.807) is 6.07 Å². The first kappa shape index (κ1) is 12.4. The minimum Gasteiger partial charge on any atom is -0.309 e. The molecular formula is C10H12F2N2O2S. The topological polar surface area (TPSA) is 58.2 Å². The third-order valence-electron chi connectivity index (χ3n) is 2.55. The minimum atomic E-state index is -3.83. The maximum atomic E-state index is 12.0. The van der Waals surface area contributed by atoms with Gasteiger partial charge in [-0.1, -0.05) is 6.07 Å². The molecule has 2 N–H and O–H groups in total. The lowest BCUT2D eigenvalue weighted by molar-refractivity contribution is 0.153. The Morgan fingerprint density at radius 1 is 1.29 bits per heavy atom. The SMILES string of the molecule is O=S(=O)(NCC(F)F)c1ccc2c(c1)CNC2. The van der Waals surface area contributed by atoms with Gasteiger partial charge in [0, 0.05) is 13.1 Å². The Bertz CT molecular complexity index is 517. The summed E-state index contributed by atoms with van der Waals surface area (Å²) in [6, 6.07) is 4.65. The molecule has 1 aromatic rings. The minimum absolute atomic E-state index is 0.0283. The fourth-order valence-electron chi connectivity index (χ4n) is 1.69. The summed E-state index contributed by atoms with van der Waals surface area (Å²) in [6.45, 7) is 0.450. The summed E-state index contributed by atoms with van der Waals surface area (Å²) >= 11 is 0. The molecule has 0 amide bonds. The number of sulfonamides is 1. The zero-order valence-electron chi connectivity index (χ0n) is 8.91. The quantitative estimate of drug-likeness (QED) is 0.845. The fourth-order valence-corrected chi connectivity index (χ4v) is 2.75. The first-order valence-electron chi connectivity index (χ1n) is 5.09. The second-order valence-electron chi connectivity index (χ2n) is 3.78. The standard InChI is InChI=1S/C10H12F2N2O2S/c11-10(12)6-14-17(15,16)9-2-1-7-4-13-5-8(7)3-9/h1-3,10,13-14H,4-6H2. The van der Waals surface area contributed by atoms with Crippen molar-refractivity contribution in [2.24, 2.45) is 0 Å². The van der Waals surface area contributed by atoms with Gasteiger partial charge in [0.25, 0.3) is 6.43 Å². The largest absolute Gasteiger partial charge is 0.309 e. The molecule has 0 fully saturated rings. The second-order valence-corrected chi connectivity index (χ2v) is 5.54. The van der Waals surface area contributed by atoms with Crippen molar-refractivity contribution in [3.8, 4) is 0 Å². The van der Waals surface area contributed by atoms with Gasteiger partial charge in [-0.05, 0) is 23.3 Å². The lowest BCUT2D eigenvalue weighted by Crippen LogP contribution is -2.28. The Morgan fingerprint density at radius 2 is 2.00 bits per heavy atom. The smallest absolute Gasteiger partial charge is 0.251 e. The highest BCUT2D eigenvalue weighted by atomic mass is 32.2. The average Bonchev–Trinajstić information content (AvgIpc) is 2.73. The van der Waals surface area contributed by atoms with Crippen molar-refractivity contribution in [1.29, 1.82) is 0 Å². The van der Waals surface area contributed by atoms with Crippen molar-refractivity contribution < 1.29 is 17.2 Å². The molecule has 0 atom stereocenters. The van der Waals surface area contributed by atoms with Gasteiger partial charge in [-0.15, -0.1) is 0 Å². The highest BCUT2D eigenvalue weighted by Gasteiger charge is 2.19. The molecule has 1 aromatic carbocycles. The molecule has 17 heavy (non-hydrogen) atoms. The highest BCUT2D eigenvalue weighted by molar-refractivity contribution is 7.89. The zero-order valence-corrected chi connectivity index (χ0v) is 9.73. The maximum absolute atomic E-state index is 12.0. The van der Waals surface area contributed by atoms with Crippen LogP contribution in [0.5, 0.6) is 0 Å². The van der Waals surface area contributed by atoms with Crippen molar-refractivity contribution >= 4 is 10.0 Å².